The van der Waals surface area contributed by atoms with Gasteiger partial charge in [0.2, 0.25) is 5.75 Å². The molecule has 12 heteroatoms. The maximum absolute atomic E-state index is 12.5. The number of rotatable bonds is 11. The van der Waals surface area contributed by atoms with Crippen molar-refractivity contribution in [3.8, 4) is 17.2 Å². The first-order valence-electron chi connectivity index (χ1n) is 13.1. The van der Waals surface area contributed by atoms with Crippen molar-refractivity contribution in [2.45, 2.75) is 37.7 Å². The van der Waals surface area contributed by atoms with E-state index in [2.05, 4.69) is 27.7 Å². The highest BCUT2D eigenvalue weighted by molar-refractivity contribution is 7.94. The second kappa shape index (κ2) is 13.0. The summed E-state index contributed by atoms with van der Waals surface area (Å²) < 4.78 is 40.6. The third kappa shape index (κ3) is 7.55. The van der Waals surface area contributed by atoms with E-state index in [-0.39, 0.29) is 12.1 Å². The first-order valence-corrected chi connectivity index (χ1v) is 15.3. The van der Waals surface area contributed by atoms with Crippen LogP contribution in [0.2, 0.25) is 5.02 Å². The van der Waals surface area contributed by atoms with Gasteiger partial charge in [-0.1, -0.05) is 28.0 Å². The van der Waals surface area contributed by atoms with Gasteiger partial charge in [-0.15, -0.1) is 0 Å². The fraction of sp³-hybridized carbons (Fsp3) is 0.556. The second-order valence-corrected chi connectivity index (χ2v) is 12.7. The highest BCUT2D eigenvalue weighted by Gasteiger charge is 2.46. The number of halogens is 1. The van der Waals surface area contributed by atoms with Crippen molar-refractivity contribution in [1.29, 1.82) is 0 Å². The van der Waals surface area contributed by atoms with E-state index in [4.69, 9.17) is 25.8 Å². The molecule has 2 fully saturated rings. The maximum Gasteiger partial charge on any atom is 0.288 e. The number of aliphatic hydroxyl groups is 1. The molecule has 4 N–H and O–H groups in total. The molecule has 4 rings (SSSR count). The van der Waals surface area contributed by atoms with Gasteiger partial charge in [0, 0.05) is 34.9 Å². The third-order valence-corrected chi connectivity index (χ3v) is 9.14. The number of likely N-dealkylation sites (tertiary alicyclic amines) is 1. The van der Waals surface area contributed by atoms with E-state index in [1.807, 2.05) is 12.1 Å². The molecule has 10 nitrogen and oxygen atoms in total. The number of piperidine rings is 1. The molecule has 0 amide bonds. The van der Waals surface area contributed by atoms with Crippen LogP contribution in [0.5, 0.6) is 17.2 Å². The number of aliphatic hydroxyl groups excluding tert-OH is 1. The summed E-state index contributed by atoms with van der Waals surface area (Å²) in [6, 6.07) is 11.2. The molecular formula is C27H40ClN4O6S+. The largest absolute Gasteiger partial charge is 0.493 e. The van der Waals surface area contributed by atoms with Gasteiger partial charge in [-0.05, 0) is 60.2 Å². The number of anilines is 1. The van der Waals surface area contributed by atoms with Crippen LogP contribution < -0.4 is 24.8 Å². The lowest BCUT2D eigenvalue weighted by Crippen LogP contribution is -2.55. The SMILES string of the molecule is COc1cc(NC(O)NC2CN([S+](C)(=O)O)C[C@H]2N2CCC(Cc3ccc(Cl)cc3)CC2)cc(OC)c1OC. The Hall–Kier alpha value is -2.12. The minimum atomic E-state index is -3.13. The normalized spacial score (nSPS) is 23.3. The number of benzene rings is 2. The summed E-state index contributed by atoms with van der Waals surface area (Å²) in [6.45, 7) is 2.57. The average molecular weight is 584 g/mol. The van der Waals surface area contributed by atoms with Gasteiger partial charge in [0.1, 0.15) is 0 Å². The summed E-state index contributed by atoms with van der Waals surface area (Å²) in [4.78, 5) is 2.38. The van der Waals surface area contributed by atoms with Gasteiger partial charge in [0.05, 0.1) is 34.4 Å². The molecule has 2 aliphatic heterocycles. The lowest BCUT2D eigenvalue weighted by atomic mass is 9.89. The predicted octanol–water partition coefficient (Wildman–Crippen LogP) is 3.17. The molecule has 2 aromatic rings. The van der Waals surface area contributed by atoms with E-state index in [9.17, 15) is 13.9 Å². The summed E-state index contributed by atoms with van der Waals surface area (Å²) in [6.07, 6.45) is 3.32. The van der Waals surface area contributed by atoms with Gasteiger partial charge in [-0.2, -0.15) is 4.55 Å². The maximum atomic E-state index is 12.5. The van der Waals surface area contributed by atoms with Crippen molar-refractivity contribution in [1.82, 2.24) is 14.5 Å². The van der Waals surface area contributed by atoms with Crippen molar-refractivity contribution in [3.63, 3.8) is 0 Å². The van der Waals surface area contributed by atoms with Crippen LogP contribution in [0.15, 0.2) is 36.4 Å². The Morgan fingerprint density at radius 2 is 1.67 bits per heavy atom. The van der Waals surface area contributed by atoms with Crippen molar-refractivity contribution in [2.24, 2.45) is 5.92 Å². The molecule has 0 saturated carbocycles. The van der Waals surface area contributed by atoms with Crippen molar-refractivity contribution in [3.05, 3.63) is 47.0 Å². The fourth-order valence-electron chi connectivity index (χ4n) is 5.57. The van der Waals surface area contributed by atoms with E-state index in [1.165, 1.54) is 33.1 Å². The summed E-state index contributed by atoms with van der Waals surface area (Å²) in [5.41, 5.74) is 1.86. The molecule has 0 aliphatic carbocycles. The van der Waals surface area contributed by atoms with Gasteiger partial charge in [-0.3, -0.25) is 10.2 Å². The molecule has 0 radical (unpaired) electrons. The Kier molecular flexibility index (Phi) is 9.97. The molecule has 3 unspecified atom stereocenters. The van der Waals surface area contributed by atoms with Gasteiger partial charge in [0.15, 0.2) is 24.1 Å². The second-order valence-electron chi connectivity index (χ2n) is 10.2. The average Bonchev–Trinajstić information content (AvgIpc) is 3.34. The molecular weight excluding hydrogens is 544 g/mol. The Morgan fingerprint density at radius 3 is 2.21 bits per heavy atom. The molecule has 0 aromatic heterocycles. The quantitative estimate of drug-likeness (QED) is 0.234. The van der Waals surface area contributed by atoms with Gasteiger partial charge >= 0.3 is 0 Å². The van der Waals surface area contributed by atoms with Crippen molar-refractivity contribution in [2.75, 3.05) is 59.1 Å². The summed E-state index contributed by atoms with van der Waals surface area (Å²) in [5, 5.41) is 17.9. The number of nitrogens with zero attached hydrogens (tertiary/aromatic N) is 2. The molecule has 216 valence electrons. The highest BCUT2D eigenvalue weighted by Crippen LogP contribution is 2.40. The molecule has 0 bridgehead atoms. The summed E-state index contributed by atoms with van der Waals surface area (Å²) >= 11 is 6.03. The minimum absolute atomic E-state index is 0.0224. The summed E-state index contributed by atoms with van der Waals surface area (Å²) in [5.74, 6) is 1.96. The highest BCUT2D eigenvalue weighted by atomic mass is 35.5. The van der Waals surface area contributed by atoms with E-state index >= 15 is 0 Å². The van der Waals surface area contributed by atoms with Crippen LogP contribution in [-0.2, 0) is 21.0 Å². The zero-order valence-electron chi connectivity index (χ0n) is 22.9. The van der Waals surface area contributed by atoms with Crippen molar-refractivity contribution < 1.29 is 28.1 Å². The minimum Gasteiger partial charge on any atom is -0.493 e. The van der Waals surface area contributed by atoms with Gasteiger partial charge in [-0.25, -0.2) is 0 Å². The summed E-state index contributed by atoms with van der Waals surface area (Å²) in [7, 11) is 1.47. The van der Waals surface area contributed by atoms with Crippen LogP contribution in [0.4, 0.5) is 5.69 Å². The Morgan fingerprint density at radius 1 is 1.05 bits per heavy atom. The van der Waals surface area contributed by atoms with Gasteiger partial charge in [0.25, 0.3) is 10.4 Å². The number of nitrogens with one attached hydrogen (secondary N) is 2. The molecule has 2 heterocycles. The molecule has 2 aromatic carbocycles. The Balaban J connectivity index is 1.41. The van der Waals surface area contributed by atoms with E-state index in [0.717, 1.165) is 37.4 Å². The van der Waals surface area contributed by atoms with E-state index in [1.54, 1.807) is 16.4 Å². The lowest BCUT2D eigenvalue weighted by Gasteiger charge is -2.38. The van der Waals surface area contributed by atoms with Crippen LogP contribution in [-0.4, -0.2) is 91.1 Å². The zero-order valence-corrected chi connectivity index (χ0v) is 24.5. The zero-order chi connectivity index (χ0) is 28.2. The Labute approximate surface area is 236 Å². The lowest BCUT2D eigenvalue weighted by molar-refractivity contribution is 0.0941. The van der Waals surface area contributed by atoms with Crippen LogP contribution in [0.3, 0.4) is 0 Å². The molecule has 4 atom stereocenters. The van der Waals surface area contributed by atoms with E-state index < -0.39 is 16.8 Å². The van der Waals surface area contributed by atoms with Crippen molar-refractivity contribution >= 4 is 27.7 Å². The third-order valence-electron chi connectivity index (χ3n) is 7.63. The van der Waals surface area contributed by atoms with Crippen LogP contribution in [0.1, 0.15) is 18.4 Å². The topological polar surface area (TPSA) is 116 Å². The number of ether oxygens (including phenoxy) is 3. The van der Waals surface area contributed by atoms with Gasteiger partial charge < -0.3 is 24.6 Å². The number of hydrogen-bond acceptors (Lipinski definition) is 8. The monoisotopic (exact) mass is 583 g/mol. The Bertz CT molecular complexity index is 1120. The van der Waals surface area contributed by atoms with Crippen LogP contribution in [0.25, 0.3) is 0 Å². The first kappa shape index (κ1) is 29.9. The molecule has 2 saturated heterocycles. The molecule has 39 heavy (non-hydrogen) atoms. The molecule has 2 aliphatic rings. The first-order chi connectivity index (χ1) is 18.6. The predicted molar refractivity (Wildman–Crippen MR) is 154 cm³/mol. The fourth-order valence-corrected chi connectivity index (χ4v) is 6.56. The van der Waals surface area contributed by atoms with Crippen LogP contribution in [0, 0.1) is 5.92 Å². The smallest absolute Gasteiger partial charge is 0.288 e. The molecule has 0 spiro atoms. The van der Waals surface area contributed by atoms with E-state index in [0.29, 0.717) is 41.9 Å². The van der Waals surface area contributed by atoms with Crippen LogP contribution >= 0.6 is 11.6 Å². The standard InChI is InChI=1S/C27H39ClN4O6S/c1-36-24-14-21(15-25(37-2)26(24)38-3)29-27(33)30-22-16-32(39(4,34)35)17-23(22)31-11-9-19(10-12-31)13-18-5-7-20(28)8-6-18/h5-8,14-15,19,22-23,27,29-30,33H,9-13,16-17H2,1-4H3/p+1/t22?,23-,27?/m1/s1. The number of hydrogen-bond donors (Lipinski definition) is 4. The number of methoxy groups -OCH3 is 3.